The number of urea groups is 1. The number of nitrogens with zero attached hydrogens (tertiary/aromatic N) is 2. The number of hydrogen-bond donors (Lipinski definition) is 2. The van der Waals surface area contributed by atoms with Crippen molar-refractivity contribution >= 4 is 40.2 Å². The van der Waals surface area contributed by atoms with E-state index in [9.17, 15) is 14.1 Å². The number of benzene rings is 2. The summed E-state index contributed by atoms with van der Waals surface area (Å²) in [5.74, 6) is -0.0189. The molecule has 8 heteroatoms. The highest BCUT2D eigenvalue weighted by Crippen LogP contribution is 2.33. The number of amides is 3. The molecule has 32 heavy (non-hydrogen) atoms. The van der Waals surface area contributed by atoms with Crippen LogP contribution in [0.5, 0.6) is 0 Å². The van der Waals surface area contributed by atoms with E-state index in [1.54, 1.807) is 42.5 Å². The molecule has 2 N–H and O–H groups in total. The molecule has 0 saturated heterocycles. The van der Waals surface area contributed by atoms with Gasteiger partial charge in [-0.1, -0.05) is 43.5 Å². The van der Waals surface area contributed by atoms with Crippen molar-refractivity contribution in [3.05, 3.63) is 54.1 Å². The Bertz CT molecular complexity index is 1030. The number of carbonyl (C=O) groups excluding carboxylic acids is 2. The topological polar surface area (TPSA) is 96.9 Å². The maximum absolute atomic E-state index is 13.2. The van der Waals surface area contributed by atoms with Crippen LogP contribution in [0.1, 0.15) is 37.7 Å². The number of nitrogens with one attached hydrogen (secondary N) is 2. The maximum Gasteiger partial charge on any atom is 0.321 e. The van der Waals surface area contributed by atoms with E-state index in [-0.39, 0.29) is 11.8 Å². The minimum absolute atomic E-state index is 0.271. The smallest absolute Gasteiger partial charge is 0.321 e. The molecule has 0 spiro atoms. The Morgan fingerprint density at radius 2 is 1.88 bits per heavy atom. The van der Waals surface area contributed by atoms with Gasteiger partial charge in [0.05, 0.1) is 11.4 Å². The molecule has 1 fully saturated rings. The van der Waals surface area contributed by atoms with Crippen molar-refractivity contribution in [1.82, 2.24) is 5.32 Å². The zero-order chi connectivity index (χ0) is 22.7. The van der Waals surface area contributed by atoms with Gasteiger partial charge < -0.3 is 20.1 Å². The molecule has 1 saturated carbocycles. The van der Waals surface area contributed by atoms with Crippen LogP contribution in [0.2, 0.25) is 0 Å². The van der Waals surface area contributed by atoms with E-state index in [0.717, 1.165) is 42.6 Å². The minimum Gasteiger partial charge on any atom is -0.612 e. The second-order valence-corrected chi connectivity index (χ2v) is 9.63. The van der Waals surface area contributed by atoms with Gasteiger partial charge in [-0.2, -0.15) is 0 Å². The van der Waals surface area contributed by atoms with Crippen LogP contribution in [0.15, 0.2) is 58.4 Å². The molecular formula is C24H28N4O3S. The third-order valence-corrected chi connectivity index (χ3v) is 6.98. The van der Waals surface area contributed by atoms with Gasteiger partial charge in [0.2, 0.25) is 6.17 Å². The number of likely N-dealkylation sites (N-methyl/N-ethyl adjacent to an activating group) is 1. The predicted molar refractivity (Wildman–Crippen MR) is 128 cm³/mol. The van der Waals surface area contributed by atoms with E-state index in [4.69, 9.17) is 4.99 Å². The molecule has 2 atom stereocenters. The summed E-state index contributed by atoms with van der Waals surface area (Å²) in [5.41, 5.74) is 3.17. The van der Waals surface area contributed by atoms with E-state index in [0.29, 0.717) is 10.6 Å². The fourth-order valence-electron chi connectivity index (χ4n) is 4.39. The van der Waals surface area contributed by atoms with E-state index in [1.165, 1.54) is 6.42 Å². The summed E-state index contributed by atoms with van der Waals surface area (Å²) in [4.78, 5) is 32.9. The van der Waals surface area contributed by atoms with Gasteiger partial charge in [-0.15, -0.1) is 0 Å². The Kier molecular flexibility index (Phi) is 6.81. The molecule has 0 bridgehead atoms. The van der Waals surface area contributed by atoms with Crippen LogP contribution >= 0.6 is 0 Å². The number of anilines is 2. The lowest BCUT2D eigenvalue weighted by atomic mass is 9.83. The number of benzodiazepines with no additional fused rings is 1. The first kappa shape index (κ1) is 22.4. The van der Waals surface area contributed by atoms with E-state index < -0.39 is 23.4 Å². The van der Waals surface area contributed by atoms with Crippen molar-refractivity contribution in [3.63, 3.8) is 0 Å². The largest absolute Gasteiger partial charge is 0.612 e. The zero-order valence-corrected chi connectivity index (χ0v) is 19.2. The van der Waals surface area contributed by atoms with Gasteiger partial charge in [-0.25, -0.2) is 4.79 Å². The summed E-state index contributed by atoms with van der Waals surface area (Å²) in [6, 6.07) is 14.1. The van der Waals surface area contributed by atoms with Gasteiger partial charge >= 0.3 is 6.03 Å². The highest BCUT2D eigenvalue weighted by molar-refractivity contribution is 7.90. The first-order valence-electron chi connectivity index (χ1n) is 10.9. The Balaban J connectivity index is 1.60. The fraction of sp³-hybridized carbons (Fsp3) is 0.375. The average Bonchev–Trinajstić information content (AvgIpc) is 2.90. The molecule has 4 rings (SSSR count). The summed E-state index contributed by atoms with van der Waals surface area (Å²) in [6.07, 6.45) is 6.13. The number of carbonyl (C=O) groups is 2. The molecule has 168 valence electrons. The number of aliphatic imine (C=N–C) groups is 1. The van der Waals surface area contributed by atoms with Crippen molar-refractivity contribution in [2.75, 3.05) is 23.5 Å². The highest BCUT2D eigenvalue weighted by Gasteiger charge is 2.33. The lowest BCUT2D eigenvalue weighted by Crippen LogP contribution is -2.47. The molecule has 0 radical (unpaired) electrons. The lowest BCUT2D eigenvalue weighted by molar-refractivity contribution is -0.119. The fourth-order valence-corrected chi connectivity index (χ4v) is 4.95. The van der Waals surface area contributed by atoms with Crippen LogP contribution in [0.25, 0.3) is 0 Å². The Morgan fingerprint density at radius 1 is 1.12 bits per heavy atom. The van der Waals surface area contributed by atoms with Crippen LogP contribution in [0, 0.1) is 5.92 Å². The van der Waals surface area contributed by atoms with E-state index in [2.05, 4.69) is 10.6 Å². The van der Waals surface area contributed by atoms with Crippen LogP contribution in [-0.2, 0) is 16.0 Å². The first-order chi connectivity index (χ1) is 15.4. The van der Waals surface area contributed by atoms with Crippen LogP contribution in [-0.4, -0.2) is 41.7 Å². The predicted octanol–water partition coefficient (Wildman–Crippen LogP) is 3.92. The van der Waals surface area contributed by atoms with Gasteiger partial charge in [0.1, 0.15) is 6.26 Å². The molecule has 2 aromatic rings. The van der Waals surface area contributed by atoms with E-state index >= 15 is 0 Å². The summed E-state index contributed by atoms with van der Waals surface area (Å²) in [5, 5.41) is 5.47. The lowest BCUT2D eigenvalue weighted by Gasteiger charge is -2.25. The molecule has 1 heterocycles. The summed E-state index contributed by atoms with van der Waals surface area (Å²) < 4.78 is 11.7. The van der Waals surface area contributed by atoms with Crippen molar-refractivity contribution in [1.29, 1.82) is 0 Å². The summed E-state index contributed by atoms with van der Waals surface area (Å²) in [6.45, 7) is 0. The maximum atomic E-state index is 13.2. The van der Waals surface area contributed by atoms with E-state index in [1.807, 2.05) is 24.3 Å². The minimum atomic E-state index is -1.16. The molecule has 3 amide bonds. The van der Waals surface area contributed by atoms with Crippen LogP contribution in [0.3, 0.4) is 0 Å². The van der Waals surface area contributed by atoms with Crippen molar-refractivity contribution in [2.45, 2.75) is 43.2 Å². The molecule has 7 nitrogen and oxygen atoms in total. The van der Waals surface area contributed by atoms with Crippen molar-refractivity contribution in [3.8, 4) is 0 Å². The number of rotatable bonds is 4. The van der Waals surface area contributed by atoms with Gasteiger partial charge in [-0.3, -0.25) is 9.79 Å². The molecule has 2 aliphatic rings. The SMILES string of the molecule is CN1C(=O)[C@H](NC(=O)Nc2cccc([S+](C)[O-])c2)N=C(C2CCCCC2)c2ccccc21. The highest BCUT2D eigenvalue weighted by atomic mass is 32.2. The summed E-state index contributed by atoms with van der Waals surface area (Å²) in [7, 11) is 1.72. The first-order valence-corrected chi connectivity index (χ1v) is 12.5. The molecule has 1 unspecified atom stereocenters. The molecule has 0 aromatic heterocycles. The average molecular weight is 453 g/mol. The second-order valence-electron chi connectivity index (χ2n) is 8.25. The molecule has 1 aliphatic carbocycles. The Hall–Kier alpha value is -2.84. The number of fused-ring (bicyclic) bond motifs is 1. The quantitative estimate of drug-likeness (QED) is 0.688. The van der Waals surface area contributed by atoms with Crippen molar-refractivity contribution in [2.24, 2.45) is 10.9 Å². The second kappa shape index (κ2) is 9.75. The molecule has 1 aliphatic heterocycles. The zero-order valence-electron chi connectivity index (χ0n) is 18.3. The Labute approximate surface area is 191 Å². The van der Waals surface area contributed by atoms with Crippen LogP contribution in [0.4, 0.5) is 16.2 Å². The van der Waals surface area contributed by atoms with Gasteiger partial charge in [0, 0.05) is 30.3 Å². The van der Waals surface area contributed by atoms with Gasteiger partial charge in [-0.05, 0) is 42.2 Å². The monoisotopic (exact) mass is 452 g/mol. The normalized spacial score (nSPS) is 20.1. The molecular weight excluding hydrogens is 424 g/mol. The number of hydrogen-bond acceptors (Lipinski definition) is 4. The number of para-hydroxylation sites is 1. The van der Waals surface area contributed by atoms with Gasteiger partial charge in [0.25, 0.3) is 5.91 Å². The van der Waals surface area contributed by atoms with Gasteiger partial charge in [0.15, 0.2) is 4.90 Å². The van der Waals surface area contributed by atoms with Crippen molar-refractivity contribution < 1.29 is 14.1 Å². The third kappa shape index (κ3) is 4.81. The van der Waals surface area contributed by atoms with Crippen LogP contribution < -0.4 is 15.5 Å². The third-order valence-electron chi connectivity index (χ3n) is 6.06. The summed E-state index contributed by atoms with van der Waals surface area (Å²) >= 11 is -1.16. The Morgan fingerprint density at radius 3 is 2.62 bits per heavy atom. The molecule has 2 aromatic carbocycles. The standard InChI is InChI=1S/C24H28N4O3S/c1-28-20-14-7-6-13-19(20)21(16-9-4-3-5-10-16)26-22(23(28)29)27-24(30)25-17-11-8-12-18(15-17)32(2)31/h6-8,11-16,22H,3-5,9-10H2,1-2H3,(H2,25,27,30)/t22-,32?/m0/s1.